The van der Waals surface area contributed by atoms with Crippen LogP contribution < -0.4 is 14.8 Å². The Morgan fingerprint density at radius 1 is 1.41 bits per heavy atom. The highest BCUT2D eigenvalue weighted by Gasteiger charge is 2.25. The number of anilines is 1. The molecule has 0 aliphatic carbocycles. The Morgan fingerprint density at radius 3 is 2.76 bits per heavy atom. The molecule has 3 nitrogen and oxygen atoms in total. The van der Waals surface area contributed by atoms with Gasteiger partial charge in [0, 0.05) is 6.07 Å². The van der Waals surface area contributed by atoms with Crippen LogP contribution in [0.3, 0.4) is 0 Å². The summed E-state index contributed by atoms with van der Waals surface area (Å²) in [7, 11) is 0. The fourth-order valence-electron chi connectivity index (χ4n) is 2.32. The number of allylic oxidation sites excluding steroid dienone is 1. The number of aromatic nitrogens is 1. The third-order valence-corrected chi connectivity index (χ3v) is 3.53. The molecule has 0 atom stereocenters. The second-order valence-corrected chi connectivity index (χ2v) is 4.80. The normalized spacial score (nSPS) is 18.5. The van der Waals surface area contributed by atoms with Gasteiger partial charge < -0.3 is 4.90 Å². The Kier molecular flexibility index (Phi) is 4.15. The van der Waals surface area contributed by atoms with Crippen LogP contribution in [-0.4, -0.2) is 32.7 Å². The molecule has 3 heteroatoms. The smallest absolute Gasteiger partial charge is 0.274 e. The second-order valence-electron chi connectivity index (χ2n) is 4.80. The lowest BCUT2D eigenvalue weighted by Crippen LogP contribution is -3.15. The zero-order valence-electron chi connectivity index (χ0n) is 10.9. The minimum absolute atomic E-state index is 1.15. The number of hydrogen-bond donors (Lipinski definition) is 1. The average Bonchev–Trinajstić information content (AvgIpc) is 2.40. The summed E-state index contributed by atoms with van der Waals surface area (Å²) in [6, 6.07) is 6.28. The number of H-pyrrole nitrogens is 1. The lowest BCUT2D eigenvalue weighted by molar-refractivity contribution is -0.895. The summed E-state index contributed by atoms with van der Waals surface area (Å²) >= 11 is 0. The second kappa shape index (κ2) is 5.82. The Bertz CT molecular complexity index is 364. The van der Waals surface area contributed by atoms with E-state index in [1.54, 1.807) is 4.90 Å². The van der Waals surface area contributed by atoms with Gasteiger partial charge >= 0.3 is 0 Å². The molecule has 1 saturated heterocycles. The standard InChI is InChI=1S/C14H21N3/c1-3-13(2)12-16-8-10-17(11-9-16)14-6-4-5-7-15-14/h3-7H,8-12H2,1-2H3/p+2/b13-3+. The van der Waals surface area contributed by atoms with E-state index in [1.807, 2.05) is 12.3 Å². The summed E-state index contributed by atoms with van der Waals surface area (Å²) in [6.45, 7) is 10.3. The maximum absolute atomic E-state index is 3.31. The number of nitrogens with zero attached hydrogens (tertiary/aromatic N) is 1. The summed E-state index contributed by atoms with van der Waals surface area (Å²) in [5.41, 5.74) is 1.50. The molecule has 92 valence electrons. The van der Waals surface area contributed by atoms with Crippen LogP contribution in [-0.2, 0) is 0 Å². The van der Waals surface area contributed by atoms with Crippen LogP contribution in [0.1, 0.15) is 13.8 Å². The van der Waals surface area contributed by atoms with Gasteiger partial charge in [-0.3, -0.25) is 4.90 Å². The number of quaternary nitrogens is 1. The monoisotopic (exact) mass is 233 g/mol. The minimum atomic E-state index is 1.15. The lowest BCUT2D eigenvalue weighted by Gasteiger charge is -2.28. The van der Waals surface area contributed by atoms with Crippen molar-refractivity contribution < 1.29 is 9.88 Å². The van der Waals surface area contributed by atoms with Gasteiger partial charge in [0.05, 0.1) is 12.7 Å². The third-order valence-electron chi connectivity index (χ3n) is 3.53. The Labute approximate surface area is 104 Å². The molecule has 2 heterocycles. The summed E-state index contributed by atoms with van der Waals surface area (Å²) < 4.78 is 0. The summed E-state index contributed by atoms with van der Waals surface area (Å²) in [4.78, 5) is 7.45. The van der Waals surface area contributed by atoms with E-state index in [0.29, 0.717) is 0 Å². The first-order valence-electron chi connectivity index (χ1n) is 6.46. The highest BCUT2D eigenvalue weighted by Crippen LogP contribution is 2.04. The van der Waals surface area contributed by atoms with Crippen molar-refractivity contribution in [1.82, 2.24) is 0 Å². The molecule has 0 radical (unpaired) electrons. The number of rotatable bonds is 3. The van der Waals surface area contributed by atoms with Gasteiger partial charge in [0.25, 0.3) is 5.82 Å². The number of pyridine rings is 1. The van der Waals surface area contributed by atoms with E-state index >= 15 is 0 Å². The van der Waals surface area contributed by atoms with Crippen LogP contribution >= 0.6 is 0 Å². The van der Waals surface area contributed by atoms with Crippen LogP contribution in [0.15, 0.2) is 36.0 Å². The molecule has 0 amide bonds. The molecule has 0 spiro atoms. The fourth-order valence-corrected chi connectivity index (χ4v) is 2.32. The van der Waals surface area contributed by atoms with Gasteiger partial charge in [0.1, 0.15) is 26.2 Å². The van der Waals surface area contributed by atoms with Crippen LogP contribution in [0.2, 0.25) is 0 Å². The highest BCUT2D eigenvalue weighted by atomic mass is 15.3. The molecule has 0 saturated carbocycles. The average molecular weight is 233 g/mol. The Morgan fingerprint density at radius 2 is 2.18 bits per heavy atom. The van der Waals surface area contributed by atoms with Crippen molar-refractivity contribution in [3.05, 3.63) is 36.0 Å². The van der Waals surface area contributed by atoms with Crippen molar-refractivity contribution in [3.8, 4) is 0 Å². The van der Waals surface area contributed by atoms with E-state index in [1.165, 1.54) is 31.0 Å². The van der Waals surface area contributed by atoms with E-state index < -0.39 is 0 Å². The third kappa shape index (κ3) is 3.30. The molecule has 1 aliphatic rings. The quantitative estimate of drug-likeness (QED) is 0.739. The van der Waals surface area contributed by atoms with Gasteiger partial charge in [0.15, 0.2) is 0 Å². The predicted octanol–water partition coefficient (Wildman–Crippen LogP) is 0.172. The van der Waals surface area contributed by atoms with Crippen LogP contribution in [0.25, 0.3) is 0 Å². The molecular weight excluding hydrogens is 210 g/mol. The number of hydrogen-bond acceptors (Lipinski definition) is 1. The van der Waals surface area contributed by atoms with Crippen LogP contribution in [0.5, 0.6) is 0 Å². The Balaban J connectivity index is 1.86. The summed E-state index contributed by atoms with van der Waals surface area (Å²) in [5, 5.41) is 0. The lowest BCUT2D eigenvalue weighted by atomic mass is 10.2. The topological polar surface area (TPSA) is 21.8 Å². The van der Waals surface area contributed by atoms with Crippen molar-refractivity contribution in [2.75, 3.05) is 37.6 Å². The number of nitrogens with one attached hydrogen (secondary N) is 2. The van der Waals surface area contributed by atoms with Crippen LogP contribution in [0.4, 0.5) is 5.82 Å². The zero-order valence-corrected chi connectivity index (χ0v) is 10.9. The van der Waals surface area contributed by atoms with Gasteiger partial charge in [-0.15, -0.1) is 0 Å². The van der Waals surface area contributed by atoms with Crippen LogP contribution in [0, 0.1) is 0 Å². The molecule has 0 unspecified atom stereocenters. The first-order valence-corrected chi connectivity index (χ1v) is 6.46. The van der Waals surface area contributed by atoms with E-state index in [9.17, 15) is 0 Å². The highest BCUT2D eigenvalue weighted by molar-refractivity contribution is 5.31. The van der Waals surface area contributed by atoms with Gasteiger partial charge in [-0.1, -0.05) is 12.1 Å². The predicted molar refractivity (Wildman–Crippen MR) is 70.2 cm³/mol. The first kappa shape index (κ1) is 12.1. The molecule has 2 N–H and O–H groups in total. The van der Waals surface area contributed by atoms with Crippen molar-refractivity contribution in [2.45, 2.75) is 13.8 Å². The fraction of sp³-hybridized carbons (Fsp3) is 0.500. The van der Waals surface area contributed by atoms with Crippen molar-refractivity contribution in [1.29, 1.82) is 0 Å². The first-order chi connectivity index (χ1) is 8.29. The molecular formula is C14H23N3+2. The zero-order chi connectivity index (χ0) is 12.1. The van der Waals surface area contributed by atoms with E-state index in [4.69, 9.17) is 0 Å². The molecule has 1 aromatic heterocycles. The molecule has 1 aliphatic heterocycles. The van der Waals surface area contributed by atoms with E-state index in [-0.39, 0.29) is 0 Å². The molecule has 17 heavy (non-hydrogen) atoms. The van der Waals surface area contributed by atoms with E-state index in [0.717, 1.165) is 13.1 Å². The van der Waals surface area contributed by atoms with Crippen molar-refractivity contribution >= 4 is 5.82 Å². The van der Waals surface area contributed by atoms with Crippen molar-refractivity contribution in [3.63, 3.8) is 0 Å². The summed E-state index contributed by atoms with van der Waals surface area (Å²) in [5.74, 6) is 1.24. The maximum atomic E-state index is 3.31. The molecule has 0 bridgehead atoms. The summed E-state index contributed by atoms with van der Waals surface area (Å²) in [6.07, 6.45) is 4.23. The SMILES string of the molecule is C/C=C(\C)C[NH+]1CCN(c2cccc[nH+]2)CC1. The molecule has 1 fully saturated rings. The van der Waals surface area contributed by atoms with Gasteiger partial charge in [-0.05, 0) is 25.5 Å². The minimum Gasteiger partial charge on any atom is -0.325 e. The van der Waals surface area contributed by atoms with Gasteiger partial charge in [0.2, 0.25) is 0 Å². The maximum Gasteiger partial charge on any atom is 0.274 e. The van der Waals surface area contributed by atoms with Gasteiger partial charge in [-0.2, -0.15) is 0 Å². The molecule has 0 aromatic carbocycles. The molecule has 2 rings (SSSR count). The van der Waals surface area contributed by atoms with E-state index in [2.05, 4.69) is 41.9 Å². The Hall–Kier alpha value is -1.35. The van der Waals surface area contributed by atoms with Crippen molar-refractivity contribution in [2.24, 2.45) is 0 Å². The number of aromatic amines is 1. The largest absolute Gasteiger partial charge is 0.325 e. The molecule has 1 aromatic rings. The van der Waals surface area contributed by atoms with Gasteiger partial charge in [-0.25, -0.2) is 4.98 Å². The number of piperazine rings is 1.